The van der Waals surface area contributed by atoms with E-state index in [1.165, 1.54) is 0 Å². The van der Waals surface area contributed by atoms with Crippen molar-refractivity contribution in [2.45, 2.75) is 53.2 Å². The number of aromatic nitrogens is 2. The van der Waals surface area contributed by atoms with Gasteiger partial charge in [-0.2, -0.15) is 5.10 Å². The van der Waals surface area contributed by atoms with Gasteiger partial charge >= 0.3 is 5.97 Å². The molecule has 1 atom stereocenters. The summed E-state index contributed by atoms with van der Waals surface area (Å²) < 4.78 is 6.93. The molecule has 0 saturated heterocycles. The number of amides is 1. The first kappa shape index (κ1) is 17.2. The second-order valence-electron chi connectivity index (χ2n) is 6.53. The molecule has 6 nitrogen and oxygen atoms in total. The van der Waals surface area contributed by atoms with Gasteiger partial charge in [-0.1, -0.05) is 13.8 Å². The van der Waals surface area contributed by atoms with Crippen LogP contribution in [0.25, 0.3) is 0 Å². The number of ether oxygens (including phenoxy) is 1. The maximum atomic E-state index is 12.3. The Hall–Kier alpha value is -1.85. The zero-order valence-corrected chi connectivity index (χ0v) is 13.9. The molecule has 0 saturated carbocycles. The van der Waals surface area contributed by atoms with Crippen molar-refractivity contribution in [1.29, 1.82) is 0 Å². The van der Waals surface area contributed by atoms with Crippen molar-refractivity contribution in [3.8, 4) is 0 Å². The number of aryl methyl sites for hydroxylation is 2. The molecule has 1 rings (SSSR count). The zero-order chi connectivity index (χ0) is 16.4. The topological polar surface area (TPSA) is 73.2 Å². The van der Waals surface area contributed by atoms with Crippen LogP contribution < -0.4 is 5.32 Å². The SMILES string of the molecule is Cc1nn(C)cc1C(=O)N[C@H](C(=O)OC(C)(C)C)C(C)C. The van der Waals surface area contributed by atoms with Crippen molar-refractivity contribution >= 4 is 11.9 Å². The van der Waals surface area contributed by atoms with Gasteiger partial charge in [0.15, 0.2) is 0 Å². The first-order valence-corrected chi connectivity index (χ1v) is 7.05. The van der Waals surface area contributed by atoms with Crippen molar-refractivity contribution < 1.29 is 14.3 Å². The van der Waals surface area contributed by atoms with Crippen molar-refractivity contribution in [3.63, 3.8) is 0 Å². The molecule has 1 amide bonds. The highest BCUT2D eigenvalue weighted by Gasteiger charge is 2.30. The number of esters is 1. The minimum atomic E-state index is -0.684. The molecule has 21 heavy (non-hydrogen) atoms. The summed E-state index contributed by atoms with van der Waals surface area (Å²) in [4.78, 5) is 24.5. The molecule has 0 bridgehead atoms. The van der Waals surface area contributed by atoms with E-state index < -0.39 is 17.6 Å². The Morgan fingerprint density at radius 1 is 1.33 bits per heavy atom. The first-order chi connectivity index (χ1) is 9.51. The predicted octanol–water partition coefficient (Wildman–Crippen LogP) is 1.82. The third-order valence-electron chi connectivity index (χ3n) is 2.87. The lowest BCUT2D eigenvalue weighted by Gasteiger charge is -2.26. The fraction of sp³-hybridized carbons (Fsp3) is 0.667. The van der Waals surface area contributed by atoms with E-state index in [-0.39, 0.29) is 11.8 Å². The van der Waals surface area contributed by atoms with Gasteiger partial charge in [0.05, 0.1) is 11.3 Å². The van der Waals surface area contributed by atoms with E-state index >= 15 is 0 Å². The van der Waals surface area contributed by atoms with E-state index in [4.69, 9.17) is 4.74 Å². The minimum Gasteiger partial charge on any atom is -0.458 e. The molecule has 0 aliphatic carbocycles. The van der Waals surface area contributed by atoms with Crippen LogP contribution in [0.1, 0.15) is 50.7 Å². The van der Waals surface area contributed by atoms with Crippen molar-refractivity contribution in [3.05, 3.63) is 17.5 Å². The predicted molar refractivity (Wildman–Crippen MR) is 79.9 cm³/mol. The second-order valence-corrected chi connectivity index (χ2v) is 6.53. The third-order valence-corrected chi connectivity index (χ3v) is 2.87. The van der Waals surface area contributed by atoms with Crippen LogP contribution in [0.2, 0.25) is 0 Å². The van der Waals surface area contributed by atoms with Crippen LogP contribution in [0, 0.1) is 12.8 Å². The average Bonchev–Trinajstić information content (AvgIpc) is 2.62. The van der Waals surface area contributed by atoms with Gasteiger partial charge in [-0.15, -0.1) is 0 Å². The Labute approximate surface area is 125 Å². The Morgan fingerprint density at radius 2 is 1.90 bits per heavy atom. The fourth-order valence-electron chi connectivity index (χ4n) is 1.90. The molecular weight excluding hydrogens is 270 g/mol. The van der Waals surface area contributed by atoms with Crippen LogP contribution in [0.15, 0.2) is 6.20 Å². The summed E-state index contributed by atoms with van der Waals surface area (Å²) in [6.07, 6.45) is 1.64. The molecule has 0 aliphatic heterocycles. The molecule has 0 spiro atoms. The number of rotatable bonds is 4. The highest BCUT2D eigenvalue weighted by atomic mass is 16.6. The molecule has 1 heterocycles. The molecule has 118 valence electrons. The van der Waals surface area contributed by atoms with Crippen LogP contribution in [-0.4, -0.2) is 33.3 Å². The summed E-state index contributed by atoms with van der Waals surface area (Å²) in [5.74, 6) is -0.807. The number of hydrogen-bond donors (Lipinski definition) is 1. The summed E-state index contributed by atoms with van der Waals surface area (Å²) in [7, 11) is 1.75. The Kier molecular flexibility index (Phi) is 5.15. The van der Waals surface area contributed by atoms with Crippen LogP contribution in [-0.2, 0) is 16.6 Å². The van der Waals surface area contributed by atoms with E-state index in [1.54, 1.807) is 45.6 Å². The summed E-state index contributed by atoms with van der Waals surface area (Å²) in [6.45, 7) is 10.9. The van der Waals surface area contributed by atoms with Gasteiger partial charge < -0.3 is 10.1 Å². The maximum Gasteiger partial charge on any atom is 0.329 e. The minimum absolute atomic E-state index is 0.0687. The standard InChI is InChI=1S/C15H25N3O3/c1-9(2)12(14(20)21-15(4,5)6)16-13(19)11-8-18(7)17-10(11)3/h8-9,12H,1-7H3,(H,16,19)/t12-/m0/s1. The average molecular weight is 295 g/mol. The lowest BCUT2D eigenvalue weighted by atomic mass is 10.0. The van der Waals surface area contributed by atoms with Gasteiger partial charge in [0.2, 0.25) is 0 Å². The second kappa shape index (κ2) is 6.28. The van der Waals surface area contributed by atoms with Crippen molar-refractivity contribution in [2.24, 2.45) is 13.0 Å². The van der Waals surface area contributed by atoms with E-state index in [2.05, 4.69) is 10.4 Å². The highest BCUT2D eigenvalue weighted by Crippen LogP contribution is 2.13. The molecule has 0 unspecified atom stereocenters. The number of carbonyl (C=O) groups excluding carboxylic acids is 2. The Bertz CT molecular complexity index is 527. The summed E-state index contributed by atoms with van der Waals surface area (Å²) in [5.41, 5.74) is 0.507. The summed E-state index contributed by atoms with van der Waals surface area (Å²) in [5, 5.41) is 6.87. The number of nitrogens with one attached hydrogen (secondary N) is 1. The van der Waals surface area contributed by atoms with E-state index in [9.17, 15) is 9.59 Å². The van der Waals surface area contributed by atoms with Crippen LogP contribution >= 0.6 is 0 Å². The smallest absolute Gasteiger partial charge is 0.329 e. The van der Waals surface area contributed by atoms with Gasteiger partial charge in [-0.25, -0.2) is 4.79 Å². The van der Waals surface area contributed by atoms with Crippen molar-refractivity contribution in [2.75, 3.05) is 0 Å². The molecule has 6 heteroatoms. The lowest BCUT2D eigenvalue weighted by molar-refractivity contribution is -0.158. The van der Waals surface area contributed by atoms with Gasteiger partial charge in [-0.05, 0) is 33.6 Å². The number of carbonyl (C=O) groups is 2. The Morgan fingerprint density at radius 3 is 2.29 bits per heavy atom. The number of hydrogen-bond acceptors (Lipinski definition) is 4. The van der Waals surface area contributed by atoms with Gasteiger partial charge in [0.25, 0.3) is 5.91 Å². The van der Waals surface area contributed by atoms with E-state index in [0.29, 0.717) is 11.3 Å². The van der Waals surface area contributed by atoms with Crippen molar-refractivity contribution in [1.82, 2.24) is 15.1 Å². The van der Waals surface area contributed by atoms with Gasteiger partial charge in [-0.3, -0.25) is 9.48 Å². The molecule has 0 aromatic carbocycles. The first-order valence-electron chi connectivity index (χ1n) is 7.05. The normalized spacial score (nSPS) is 13.1. The largest absolute Gasteiger partial charge is 0.458 e. The van der Waals surface area contributed by atoms with E-state index in [1.807, 2.05) is 13.8 Å². The van der Waals surface area contributed by atoms with Gasteiger partial charge in [0.1, 0.15) is 11.6 Å². The summed E-state index contributed by atoms with van der Waals surface area (Å²) >= 11 is 0. The molecule has 1 N–H and O–H groups in total. The molecule has 1 aromatic heterocycles. The molecule has 0 fully saturated rings. The maximum absolute atomic E-state index is 12.3. The summed E-state index contributed by atoms with van der Waals surface area (Å²) in [6, 6.07) is -0.684. The van der Waals surface area contributed by atoms with Crippen LogP contribution in [0.3, 0.4) is 0 Å². The molecular formula is C15H25N3O3. The third kappa shape index (κ3) is 4.88. The van der Waals surface area contributed by atoms with Crippen LogP contribution in [0.5, 0.6) is 0 Å². The molecule has 0 radical (unpaired) electrons. The van der Waals surface area contributed by atoms with Gasteiger partial charge in [0, 0.05) is 13.2 Å². The quantitative estimate of drug-likeness (QED) is 0.860. The molecule has 0 aliphatic rings. The zero-order valence-electron chi connectivity index (χ0n) is 13.9. The van der Waals surface area contributed by atoms with E-state index in [0.717, 1.165) is 0 Å². The molecule has 1 aromatic rings. The fourth-order valence-corrected chi connectivity index (χ4v) is 1.90. The number of nitrogens with zero attached hydrogens (tertiary/aromatic N) is 2. The lowest BCUT2D eigenvalue weighted by Crippen LogP contribution is -2.47. The monoisotopic (exact) mass is 295 g/mol. The van der Waals surface area contributed by atoms with Crippen LogP contribution in [0.4, 0.5) is 0 Å². The highest BCUT2D eigenvalue weighted by molar-refractivity contribution is 5.97. The Balaban J connectivity index is 2.86.